The molecule has 2 aromatic rings. The van der Waals surface area contributed by atoms with Crippen LogP contribution >= 0.6 is 15.9 Å². The lowest BCUT2D eigenvalue weighted by atomic mass is 10.1. The first-order valence-electron chi connectivity index (χ1n) is 5.95. The summed E-state index contributed by atoms with van der Waals surface area (Å²) >= 11 is 3.19. The Bertz CT molecular complexity index is 601. The molecule has 0 aliphatic heterocycles. The zero-order valence-electron chi connectivity index (χ0n) is 11.1. The van der Waals surface area contributed by atoms with Crippen LogP contribution in [0.3, 0.4) is 0 Å². The Morgan fingerprint density at radius 2 is 2.00 bits per heavy atom. The highest BCUT2D eigenvalue weighted by Gasteiger charge is 2.25. The number of rotatable bonds is 2. The van der Waals surface area contributed by atoms with E-state index in [1.165, 1.54) is 0 Å². The maximum atomic E-state index is 14.2. The summed E-state index contributed by atoms with van der Waals surface area (Å²) in [6, 6.07) is 5.11. The number of halogens is 2. The summed E-state index contributed by atoms with van der Waals surface area (Å²) < 4.78 is 16.5. The maximum absolute atomic E-state index is 14.2. The average Bonchev–Trinajstić information content (AvgIpc) is 2.76. The van der Waals surface area contributed by atoms with Crippen LogP contribution in [0.15, 0.2) is 22.7 Å². The Balaban J connectivity index is 2.70. The average molecular weight is 327 g/mol. The van der Waals surface area contributed by atoms with Crippen molar-refractivity contribution in [3.8, 4) is 11.4 Å². The van der Waals surface area contributed by atoms with Crippen LogP contribution in [0.2, 0.25) is 0 Å². The summed E-state index contributed by atoms with van der Waals surface area (Å²) in [5.41, 5.74) is 5.82. The quantitative estimate of drug-likeness (QED) is 0.922. The molecular formula is C13H16BrFN4. The molecule has 0 atom stereocenters. The van der Waals surface area contributed by atoms with E-state index in [4.69, 9.17) is 5.73 Å². The van der Waals surface area contributed by atoms with Crippen LogP contribution in [0, 0.1) is 5.82 Å². The van der Waals surface area contributed by atoms with Crippen molar-refractivity contribution in [2.45, 2.75) is 32.9 Å². The van der Waals surface area contributed by atoms with E-state index in [1.807, 2.05) is 25.3 Å². The molecule has 4 nitrogen and oxygen atoms in total. The Kier molecular flexibility index (Phi) is 3.73. The van der Waals surface area contributed by atoms with E-state index in [0.29, 0.717) is 21.7 Å². The number of benzene rings is 1. The lowest BCUT2D eigenvalue weighted by Crippen LogP contribution is -2.26. The smallest absolute Gasteiger partial charge is 0.167 e. The Morgan fingerprint density at radius 3 is 2.58 bits per heavy atom. The van der Waals surface area contributed by atoms with Crippen molar-refractivity contribution in [2.75, 3.05) is 0 Å². The fraction of sp³-hybridized carbons (Fsp3) is 0.385. The monoisotopic (exact) mass is 326 g/mol. The van der Waals surface area contributed by atoms with Crippen molar-refractivity contribution < 1.29 is 4.39 Å². The van der Waals surface area contributed by atoms with E-state index in [2.05, 4.69) is 26.1 Å². The molecule has 0 spiro atoms. The van der Waals surface area contributed by atoms with Crippen LogP contribution in [0.4, 0.5) is 4.39 Å². The second-order valence-corrected chi connectivity index (χ2v) is 6.11. The van der Waals surface area contributed by atoms with Crippen LogP contribution in [0.1, 0.15) is 26.6 Å². The van der Waals surface area contributed by atoms with Crippen molar-refractivity contribution in [1.29, 1.82) is 0 Å². The predicted octanol–water partition coefficient (Wildman–Crippen LogP) is 3.06. The van der Waals surface area contributed by atoms with Gasteiger partial charge in [-0.3, -0.25) is 0 Å². The molecule has 0 aliphatic rings. The zero-order chi connectivity index (χ0) is 14.2. The van der Waals surface area contributed by atoms with Crippen molar-refractivity contribution in [1.82, 2.24) is 14.8 Å². The fourth-order valence-electron chi connectivity index (χ4n) is 2.00. The topological polar surface area (TPSA) is 56.7 Å². The second kappa shape index (κ2) is 5.02. The standard InChI is InChI=1S/C13H16BrFN4/c1-13(2,3)19-10(7-16)17-18-12(19)8-5-4-6-9(14)11(8)15/h4-6H,7,16H2,1-3H3. The molecule has 0 bridgehead atoms. The van der Waals surface area contributed by atoms with Gasteiger partial charge in [-0.15, -0.1) is 10.2 Å². The molecule has 0 fully saturated rings. The number of hydrogen-bond donors (Lipinski definition) is 1. The van der Waals surface area contributed by atoms with Gasteiger partial charge in [0.15, 0.2) is 5.82 Å². The maximum Gasteiger partial charge on any atom is 0.167 e. The largest absolute Gasteiger partial charge is 0.324 e. The zero-order valence-corrected chi connectivity index (χ0v) is 12.7. The Labute approximate surface area is 120 Å². The summed E-state index contributed by atoms with van der Waals surface area (Å²) in [4.78, 5) is 0. The summed E-state index contributed by atoms with van der Waals surface area (Å²) in [6.07, 6.45) is 0. The first-order chi connectivity index (χ1) is 8.86. The summed E-state index contributed by atoms with van der Waals surface area (Å²) in [7, 11) is 0. The van der Waals surface area contributed by atoms with E-state index in [-0.39, 0.29) is 17.9 Å². The molecule has 0 unspecified atom stereocenters. The van der Waals surface area contributed by atoms with E-state index in [0.717, 1.165) is 0 Å². The van der Waals surface area contributed by atoms with Gasteiger partial charge in [0.25, 0.3) is 0 Å². The molecular weight excluding hydrogens is 311 g/mol. The van der Waals surface area contributed by atoms with Crippen LogP contribution in [0.25, 0.3) is 11.4 Å². The first-order valence-corrected chi connectivity index (χ1v) is 6.74. The molecule has 0 radical (unpaired) electrons. The van der Waals surface area contributed by atoms with Crippen molar-refractivity contribution in [2.24, 2.45) is 5.73 Å². The molecule has 1 aromatic heterocycles. The number of nitrogens with zero attached hydrogens (tertiary/aromatic N) is 3. The van der Waals surface area contributed by atoms with Gasteiger partial charge in [-0.05, 0) is 48.8 Å². The normalized spacial score (nSPS) is 11.9. The predicted molar refractivity (Wildman–Crippen MR) is 76.0 cm³/mol. The molecule has 6 heteroatoms. The van der Waals surface area contributed by atoms with Crippen LogP contribution in [-0.2, 0) is 12.1 Å². The summed E-state index contributed by atoms with van der Waals surface area (Å²) in [6.45, 7) is 6.29. The number of nitrogens with two attached hydrogens (primary N) is 1. The highest BCUT2D eigenvalue weighted by atomic mass is 79.9. The third-order valence-corrected chi connectivity index (χ3v) is 3.39. The first kappa shape index (κ1) is 14.1. The minimum absolute atomic E-state index is 0.264. The lowest BCUT2D eigenvalue weighted by molar-refractivity contribution is 0.386. The molecule has 102 valence electrons. The summed E-state index contributed by atoms with van der Waals surface area (Å²) in [5.74, 6) is 0.789. The van der Waals surface area contributed by atoms with E-state index >= 15 is 0 Å². The third-order valence-electron chi connectivity index (χ3n) is 2.78. The van der Waals surface area contributed by atoms with E-state index in [9.17, 15) is 4.39 Å². The van der Waals surface area contributed by atoms with Gasteiger partial charge in [0.05, 0.1) is 16.6 Å². The van der Waals surface area contributed by atoms with Crippen molar-refractivity contribution in [3.63, 3.8) is 0 Å². The van der Waals surface area contributed by atoms with Gasteiger partial charge >= 0.3 is 0 Å². The van der Waals surface area contributed by atoms with Gasteiger partial charge < -0.3 is 10.3 Å². The number of hydrogen-bond acceptors (Lipinski definition) is 3. The highest BCUT2D eigenvalue weighted by molar-refractivity contribution is 9.10. The summed E-state index contributed by atoms with van der Waals surface area (Å²) in [5, 5.41) is 8.15. The number of aromatic nitrogens is 3. The molecule has 19 heavy (non-hydrogen) atoms. The van der Waals surface area contributed by atoms with Crippen LogP contribution in [0.5, 0.6) is 0 Å². The molecule has 2 N–H and O–H groups in total. The minimum atomic E-state index is -0.344. The van der Waals surface area contributed by atoms with Gasteiger partial charge in [-0.2, -0.15) is 0 Å². The van der Waals surface area contributed by atoms with Gasteiger partial charge in [0.1, 0.15) is 11.6 Å². The SMILES string of the molecule is CC(C)(C)n1c(CN)nnc1-c1cccc(Br)c1F. The second-order valence-electron chi connectivity index (χ2n) is 5.25. The van der Waals surface area contributed by atoms with Crippen LogP contribution in [-0.4, -0.2) is 14.8 Å². The van der Waals surface area contributed by atoms with E-state index < -0.39 is 0 Å². The van der Waals surface area contributed by atoms with E-state index in [1.54, 1.807) is 18.2 Å². The Hall–Kier alpha value is -1.27. The van der Waals surface area contributed by atoms with Gasteiger partial charge in [-0.25, -0.2) is 4.39 Å². The lowest BCUT2D eigenvalue weighted by Gasteiger charge is -2.25. The molecule has 0 amide bonds. The van der Waals surface area contributed by atoms with Crippen molar-refractivity contribution in [3.05, 3.63) is 34.3 Å². The van der Waals surface area contributed by atoms with Gasteiger partial charge in [0, 0.05) is 5.54 Å². The third kappa shape index (κ3) is 2.55. The van der Waals surface area contributed by atoms with Gasteiger partial charge in [-0.1, -0.05) is 6.07 Å². The minimum Gasteiger partial charge on any atom is -0.324 e. The fourth-order valence-corrected chi connectivity index (χ4v) is 2.37. The molecule has 1 aromatic carbocycles. The highest BCUT2D eigenvalue weighted by Crippen LogP contribution is 2.30. The molecule has 0 aliphatic carbocycles. The van der Waals surface area contributed by atoms with Gasteiger partial charge in [0.2, 0.25) is 0 Å². The molecule has 0 saturated heterocycles. The molecule has 2 rings (SSSR count). The van der Waals surface area contributed by atoms with Crippen LogP contribution < -0.4 is 5.73 Å². The Morgan fingerprint density at radius 1 is 1.32 bits per heavy atom. The molecule has 0 saturated carbocycles. The molecule has 1 heterocycles. The van der Waals surface area contributed by atoms with Crippen molar-refractivity contribution >= 4 is 15.9 Å².